The van der Waals surface area contributed by atoms with Crippen LogP contribution in [0.1, 0.15) is 24.8 Å². The molecule has 0 bridgehead atoms. The molecule has 0 amide bonds. The van der Waals surface area contributed by atoms with Gasteiger partial charge in [-0.2, -0.15) is 0 Å². The van der Waals surface area contributed by atoms with Gasteiger partial charge in [-0.15, -0.1) is 24.0 Å². The molecular weight excluding hydrogens is 467 g/mol. The zero-order valence-electron chi connectivity index (χ0n) is 15.1. The van der Waals surface area contributed by atoms with Crippen LogP contribution in [0.5, 0.6) is 0 Å². The molecule has 0 aromatic heterocycles. The number of sulfonamides is 1. The largest absolute Gasteiger partial charge is 0.396 e. The van der Waals surface area contributed by atoms with Crippen molar-refractivity contribution < 1.29 is 13.5 Å². The molecule has 2 rings (SSSR count). The minimum Gasteiger partial charge on any atom is -0.396 e. The quantitative estimate of drug-likeness (QED) is 0.284. The van der Waals surface area contributed by atoms with Crippen LogP contribution >= 0.6 is 24.0 Å². The van der Waals surface area contributed by atoms with Gasteiger partial charge in [0.1, 0.15) is 0 Å². The highest BCUT2D eigenvalue weighted by Gasteiger charge is 2.27. The summed E-state index contributed by atoms with van der Waals surface area (Å²) in [7, 11) is -3.06. The van der Waals surface area contributed by atoms with E-state index in [0.717, 1.165) is 5.56 Å². The minimum absolute atomic E-state index is 0. The van der Waals surface area contributed by atoms with Crippen molar-refractivity contribution in [1.29, 1.82) is 0 Å². The number of hydrogen-bond acceptors (Lipinski definition) is 4. The van der Waals surface area contributed by atoms with Gasteiger partial charge < -0.3 is 15.7 Å². The Balaban J connectivity index is 0.00000338. The van der Waals surface area contributed by atoms with Crippen LogP contribution in [-0.4, -0.2) is 68.9 Å². The summed E-state index contributed by atoms with van der Waals surface area (Å²) in [5.74, 6) is 0.820. The third-order valence-corrected chi connectivity index (χ3v) is 6.12. The van der Waals surface area contributed by atoms with Crippen molar-refractivity contribution in [2.24, 2.45) is 4.99 Å². The summed E-state index contributed by atoms with van der Waals surface area (Å²) in [5, 5.41) is 15.9. The van der Waals surface area contributed by atoms with Crippen LogP contribution in [0.2, 0.25) is 0 Å². The summed E-state index contributed by atoms with van der Waals surface area (Å²) in [5.41, 5.74) is 1.05. The predicted octanol–water partition coefficient (Wildman–Crippen LogP) is 0.971. The van der Waals surface area contributed by atoms with Gasteiger partial charge in [-0.1, -0.05) is 30.3 Å². The monoisotopic (exact) mass is 496 g/mol. The SMILES string of the molecule is CCNC(=NCC(CO)c1ccccc1)NCCN1CCCS1(=O)=O.I. The third-order valence-electron chi connectivity index (χ3n) is 4.16. The predicted molar refractivity (Wildman–Crippen MR) is 116 cm³/mol. The molecule has 1 aromatic rings. The third kappa shape index (κ3) is 7.01. The smallest absolute Gasteiger partial charge is 0.214 e. The maximum absolute atomic E-state index is 11.8. The Hall–Kier alpha value is -0.910. The molecule has 1 atom stereocenters. The summed E-state index contributed by atoms with van der Waals surface area (Å²) in [6.07, 6.45) is 0.700. The second-order valence-electron chi connectivity index (χ2n) is 6.01. The molecular formula is C17H29IN4O3S. The van der Waals surface area contributed by atoms with Gasteiger partial charge in [-0.05, 0) is 18.9 Å². The number of benzene rings is 1. The van der Waals surface area contributed by atoms with Gasteiger partial charge in [0.15, 0.2) is 5.96 Å². The molecule has 1 unspecified atom stereocenters. The highest BCUT2D eigenvalue weighted by Crippen LogP contribution is 2.15. The molecule has 0 aliphatic carbocycles. The number of rotatable bonds is 8. The molecule has 0 radical (unpaired) electrons. The number of halogens is 1. The van der Waals surface area contributed by atoms with Gasteiger partial charge in [0.05, 0.1) is 18.9 Å². The van der Waals surface area contributed by atoms with Gasteiger partial charge >= 0.3 is 0 Å². The summed E-state index contributed by atoms with van der Waals surface area (Å²) in [6.45, 7) is 4.70. The minimum atomic E-state index is -3.06. The Morgan fingerprint density at radius 3 is 2.62 bits per heavy atom. The van der Waals surface area contributed by atoms with E-state index in [1.807, 2.05) is 37.3 Å². The molecule has 0 saturated carbocycles. The van der Waals surface area contributed by atoms with Crippen LogP contribution in [0.3, 0.4) is 0 Å². The van der Waals surface area contributed by atoms with Gasteiger partial charge in [0.2, 0.25) is 10.0 Å². The molecule has 1 saturated heterocycles. The molecule has 1 heterocycles. The van der Waals surface area contributed by atoms with Crippen LogP contribution < -0.4 is 10.6 Å². The average Bonchev–Trinajstić information content (AvgIpc) is 2.95. The fourth-order valence-electron chi connectivity index (χ4n) is 2.78. The van der Waals surface area contributed by atoms with Crippen molar-refractivity contribution >= 4 is 40.0 Å². The maximum atomic E-state index is 11.8. The van der Waals surface area contributed by atoms with Crippen molar-refractivity contribution in [3.8, 4) is 0 Å². The van der Waals surface area contributed by atoms with E-state index in [2.05, 4.69) is 15.6 Å². The second kappa shape index (κ2) is 11.7. The number of hydrogen-bond donors (Lipinski definition) is 3. The average molecular weight is 496 g/mol. The van der Waals surface area contributed by atoms with Crippen LogP contribution in [0.4, 0.5) is 0 Å². The molecule has 26 heavy (non-hydrogen) atoms. The maximum Gasteiger partial charge on any atom is 0.214 e. The van der Waals surface area contributed by atoms with Crippen LogP contribution in [0, 0.1) is 0 Å². The number of aliphatic imine (C=N–C) groups is 1. The van der Waals surface area contributed by atoms with Crippen LogP contribution in [0.15, 0.2) is 35.3 Å². The molecule has 3 N–H and O–H groups in total. The molecule has 148 valence electrons. The topological polar surface area (TPSA) is 94.0 Å². The molecule has 1 fully saturated rings. The van der Waals surface area contributed by atoms with Crippen molar-refractivity contribution in [1.82, 2.24) is 14.9 Å². The lowest BCUT2D eigenvalue weighted by molar-refractivity contribution is 0.268. The Bertz CT molecular complexity index is 655. The first kappa shape index (κ1) is 23.1. The van der Waals surface area contributed by atoms with E-state index in [1.165, 1.54) is 4.31 Å². The highest BCUT2D eigenvalue weighted by molar-refractivity contribution is 14.0. The van der Waals surface area contributed by atoms with Gasteiger partial charge in [0.25, 0.3) is 0 Å². The van der Waals surface area contributed by atoms with Crippen molar-refractivity contribution in [2.75, 3.05) is 45.1 Å². The van der Waals surface area contributed by atoms with Gasteiger partial charge in [0, 0.05) is 32.1 Å². The summed E-state index contributed by atoms with van der Waals surface area (Å²) in [4.78, 5) is 4.53. The van der Waals surface area contributed by atoms with Crippen LogP contribution in [-0.2, 0) is 10.0 Å². The molecule has 1 aromatic carbocycles. The molecule has 9 heteroatoms. The summed E-state index contributed by atoms with van der Waals surface area (Å²) < 4.78 is 25.1. The number of nitrogens with zero attached hydrogens (tertiary/aromatic N) is 2. The lowest BCUT2D eigenvalue weighted by Crippen LogP contribution is -2.42. The highest BCUT2D eigenvalue weighted by atomic mass is 127. The van der Waals surface area contributed by atoms with Crippen molar-refractivity contribution in [3.05, 3.63) is 35.9 Å². The zero-order chi connectivity index (χ0) is 18.1. The number of aliphatic hydroxyl groups excluding tert-OH is 1. The number of nitrogens with one attached hydrogen (secondary N) is 2. The summed E-state index contributed by atoms with van der Waals surface area (Å²) >= 11 is 0. The Morgan fingerprint density at radius 1 is 1.31 bits per heavy atom. The second-order valence-corrected chi connectivity index (χ2v) is 8.09. The van der Waals surface area contributed by atoms with Gasteiger partial charge in [-0.25, -0.2) is 12.7 Å². The Morgan fingerprint density at radius 2 is 2.04 bits per heavy atom. The van der Waals surface area contributed by atoms with E-state index in [0.29, 0.717) is 45.1 Å². The van der Waals surface area contributed by atoms with Gasteiger partial charge in [-0.3, -0.25) is 4.99 Å². The van der Waals surface area contributed by atoms with E-state index in [9.17, 15) is 13.5 Å². The van der Waals surface area contributed by atoms with E-state index in [-0.39, 0.29) is 42.3 Å². The first-order valence-corrected chi connectivity index (χ1v) is 10.3. The fraction of sp³-hybridized carbons (Fsp3) is 0.588. The van der Waals surface area contributed by atoms with E-state index in [4.69, 9.17) is 0 Å². The molecule has 7 nitrogen and oxygen atoms in total. The van der Waals surface area contributed by atoms with E-state index in [1.54, 1.807) is 0 Å². The molecule has 0 spiro atoms. The lowest BCUT2D eigenvalue weighted by Gasteiger charge is -2.17. The molecule has 1 aliphatic rings. The zero-order valence-corrected chi connectivity index (χ0v) is 18.2. The Kier molecular flexibility index (Phi) is 10.4. The Labute approximate surface area is 173 Å². The lowest BCUT2D eigenvalue weighted by atomic mass is 10.0. The molecule has 1 aliphatic heterocycles. The van der Waals surface area contributed by atoms with Crippen LogP contribution in [0.25, 0.3) is 0 Å². The van der Waals surface area contributed by atoms with Crippen molar-refractivity contribution in [3.63, 3.8) is 0 Å². The summed E-state index contributed by atoms with van der Waals surface area (Å²) in [6, 6.07) is 9.80. The first-order valence-electron chi connectivity index (χ1n) is 8.72. The first-order chi connectivity index (χ1) is 12.1. The van der Waals surface area contributed by atoms with E-state index >= 15 is 0 Å². The standard InChI is InChI=1S/C17H28N4O3S.HI/c1-2-18-17(19-9-11-21-10-6-12-25(21,23)24)20-13-16(14-22)15-7-4-3-5-8-15;/h3-5,7-8,16,22H,2,6,9-14H2,1H3,(H2,18,19,20);1H. The van der Waals surface area contributed by atoms with E-state index < -0.39 is 10.0 Å². The number of guanidine groups is 1. The van der Waals surface area contributed by atoms with Crippen molar-refractivity contribution in [2.45, 2.75) is 19.3 Å². The fourth-order valence-corrected chi connectivity index (χ4v) is 4.31. The normalized spacial score (nSPS) is 18.2. The number of aliphatic hydroxyl groups is 1.